The van der Waals surface area contributed by atoms with Crippen LogP contribution in [0.3, 0.4) is 0 Å². The third-order valence-electron chi connectivity index (χ3n) is 4.37. The zero-order valence-corrected chi connectivity index (χ0v) is 14.3. The number of nitrogens with one attached hydrogen (secondary N) is 2. The fourth-order valence-electron chi connectivity index (χ4n) is 3.25. The Labute approximate surface area is 139 Å². The van der Waals surface area contributed by atoms with Crippen LogP contribution < -0.4 is 10.7 Å². The van der Waals surface area contributed by atoms with Gasteiger partial charge in [-0.2, -0.15) is 5.10 Å². The second-order valence-corrected chi connectivity index (χ2v) is 6.70. The van der Waals surface area contributed by atoms with Gasteiger partial charge in [-0.3, -0.25) is 10.2 Å². The highest BCUT2D eigenvalue weighted by atomic mass is 79.9. The van der Waals surface area contributed by atoms with Crippen molar-refractivity contribution in [3.63, 3.8) is 0 Å². The first-order chi connectivity index (χ1) is 10.7. The Balaban J connectivity index is 1.69. The van der Waals surface area contributed by atoms with Crippen LogP contribution in [0.4, 0.5) is 0 Å². The van der Waals surface area contributed by atoms with Gasteiger partial charge in [-0.25, -0.2) is 0 Å². The molecule has 1 fully saturated rings. The largest absolute Gasteiger partial charge is 0.356 e. The van der Waals surface area contributed by atoms with Crippen molar-refractivity contribution in [2.24, 2.45) is 11.0 Å². The molecule has 1 aromatic rings. The minimum atomic E-state index is 0.136. The maximum atomic E-state index is 12.0. The van der Waals surface area contributed by atoms with E-state index in [1.165, 1.54) is 0 Å². The summed E-state index contributed by atoms with van der Waals surface area (Å²) in [6, 6.07) is 8.57. The smallest absolute Gasteiger partial charge is 0.223 e. The number of carbonyl (C=O) groups is 1. The van der Waals surface area contributed by atoms with E-state index in [-0.39, 0.29) is 11.8 Å². The lowest BCUT2D eigenvalue weighted by molar-refractivity contribution is -0.124. The van der Waals surface area contributed by atoms with Gasteiger partial charge in [-0.15, -0.1) is 0 Å². The average Bonchev–Trinajstić information content (AvgIpc) is 3.17. The van der Waals surface area contributed by atoms with E-state index >= 15 is 0 Å². The lowest BCUT2D eigenvalue weighted by atomic mass is 10.1. The topological polar surface area (TPSA) is 56.7 Å². The van der Waals surface area contributed by atoms with Gasteiger partial charge >= 0.3 is 0 Å². The molecule has 0 spiro atoms. The molecule has 0 bridgehead atoms. The van der Waals surface area contributed by atoms with Gasteiger partial charge in [0.15, 0.2) is 5.84 Å². The Morgan fingerprint density at radius 3 is 2.91 bits per heavy atom. The van der Waals surface area contributed by atoms with Crippen LogP contribution in [-0.4, -0.2) is 35.9 Å². The molecular weight excluding hydrogens is 344 g/mol. The summed E-state index contributed by atoms with van der Waals surface area (Å²) in [6.07, 6.45) is 2.91. The molecule has 1 amide bonds. The molecule has 2 N–H and O–H groups in total. The molecule has 0 radical (unpaired) electrons. The summed E-state index contributed by atoms with van der Waals surface area (Å²) in [6.45, 7) is 3.39. The number of amides is 1. The number of rotatable bonds is 4. The van der Waals surface area contributed by atoms with Gasteiger partial charge in [-0.1, -0.05) is 28.1 Å². The van der Waals surface area contributed by atoms with Crippen LogP contribution in [0.5, 0.6) is 0 Å². The minimum Gasteiger partial charge on any atom is -0.356 e. The average molecular weight is 365 g/mol. The third-order valence-corrected chi connectivity index (χ3v) is 4.90. The first-order valence-electron chi connectivity index (χ1n) is 7.80. The van der Waals surface area contributed by atoms with E-state index in [9.17, 15) is 4.79 Å². The zero-order chi connectivity index (χ0) is 15.5. The molecule has 5 nitrogen and oxygen atoms in total. The van der Waals surface area contributed by atoms with E-state index in [4.69, 9.17) is 0 Å². The van der Waals surface area contributed by atoms with E-state index in [0.717, 1.165) is 41.8 Å². The number of carbonyl (C=O) groups excluding carboxylic acids is 1. The van der Waals surface area contributed by atoms with Crippen molar-refractivity contribution < 1.29 is 4.79 Å². The molecular formula is C16H21BrN4O. The number of halogens is 1. The Morgan fingerprint density at radius 1 is 1.41 bits per heavy atom. The van der Waals surface area contributed by atoms with Gasteiger partial charge in [0.1, 0.15) is 6.67 Å². The van der Waals surface area contributed by atoms with Crippen LogP contribution in [0, 0.1) is 5.92 Å². The molecule has 2 aliphatic rings. The molecule has 1 aliphatic carbocycles. The van der Waals surface area contributed by atoms with Crippen LogP contribution in [-0.2, 0) is 4.79 Å². The summed E-state index contributed by atoms with van der Waals surface area (Å²) in [7, 11) is 0. The molecule has 3 rings (SSSR count). The van der Waals surface area contributed by atoms with E-state index in [1.807, 2.05) is 19.1 Å². The molecule has 22 heavy (non-hydrogen) atoms. The summed E-state index contributed by atoms with van der Waals surface area (Å²) in [4.78, 5) is 14.3. The second-order valence-electron chi connectivity index (χ2n) is 5.79. The SMILES string of the molecule is CCNC(=O)[C@H]1CC[C@@H](N2CNN=C2c2ccc(Br)cc2)C1. The van der Waals surface area contributed by atoms with E-state index < -0.39 is 0 Å². The molecule has 6 heteroatoms. The van der Waals surface area contributed by atoms with Crippen molar-refractivity contribution in [3.05, 3.63) is 34.3 Å². The summed E-state index contributed by atoms with van der Waals surface area (Å²) in [5, 5.41) is 7.38. The molecule has 0 unspecified atom stereocenters. The number of hydrazone groups is 1. The van der Waals surface area contributed by atoms with Gasteiger partial charge < -0.3 is 10.2 Å². The van der Waals surface area contributed by atoms with Crippen LogP contribution in [0.2, 0.25) is 0 Å². The molecule has 0 saturated heterocycles. The quantitative estimate of drug-likeness (QED) is 0.861. The van der Waals surface area contributed by atoms with Crippen LogP contribution in [0.15, 0.2) is 33.8 Å². The van der Waals surface area contributed by atoms with Gasteiger partial charge in [0.2, 0.25) is 5.91 Å². The van der Waals surface area contributed by atoms with E-state index in [0.29, 0.717) is 12.6 Å². The molecule has 118 valence electrons. The molecule has 1 heterocycles. The van der Waals surface area contributed by atoms with Gasteiger partial charge in [0.05, 0.1) is 0 Å². The third kappa shape index (κ3) is 3.11. The predicted molar refractivity (Wildman–Crippen MR) is 90.3 cm³/mol. The molecule has 1 saturated carbocycles. The highest BCUT2D eigenvalue weighted by Crippen LogP contribution is 2.31. The number of hydrogen-bond acceptors (Lipinski definition) is 4. The number of amidine groups is 1. The highest BCUT2D eigenvalue weighted by molar-refractivity contribution is 9.10. The Kier molecular flexibility index (Phi) is 4.66. The Hall–Kier alpha value is -1.56. The first-order valence-corrected chi connectivity index (χ1v) is 8.59. The van der Waals surface area contributed by atoms with E-state index in [1.54, 1.807) is 0 Å². The van der Waals surface area contributed by atoms with Crippen molar-refractivity contribution in [1.29, 1.82) is 0 Å². The summed E-state index contributed by atoms with van der Waals surface area (Å²) in [5.74, 6) is 1.31. The minimum absolute atomic E-state index is 0.136. The Morgan fingerprint density at radius 2 is 2.18 bits per heavy atom. The normalized spacial score (nSPS) is 24.1. The van der Waals surface area contributed by atoms with Crippen LogP contribution in [0.1, 0.15) is 31.7 Å². The monoisotopic (exact) mass is 364 g/mol. The standard InChI is InChI=1S/C16H21BrN4O/c1-2-18-16(22)12-5-8-14(9-12)21-10-19-20-15(21)11-3-6-13(17)7-4-11/h3-4,6-7,12,14,19H,2,5,8-10H2,1H3,(H,18,22)/t12-,14+/m0/s1. The number of benzene rings is 1. The maximum Gasteiger partial charge on any atom is 0.223 e. The van der Waals surface area contributed by atoms with E-state index in [2.05, 4.69) is 48.8 Å². The molecule has 0 aromatic heterocycles. The summed E-state index contributed by atoms with van der Waals surface area (Å²) >= 11 is 3.46. The molecule has 1 aliphatic heterocycles. The molecule has 2 atom stereocenters. The molecule has 1 aromatic carbocycles. The predicted octanol–water partition coefficient (Wildman–Crippen LogP) is 2.28. The van der Waals surface area contributed by atoms with Gasteiger partial charge in [0.25, 0.3) is 0 Å². The highest BCUT2D eigenvalue weighted by Gasteiger charge is 2.36. The fraction of sp³-hybridized carbons (Fsp3) is 0.500. The first kappa shape index (κ1) is 15.3. The lowest BCUT2D eigenvalue weighted by Crippen LogP contribution is -2.39. The van der Waals surface area contributed by atoms with Gasteiger partial charge in [0, 0.05) is 28.5 Å². The maximum absolute atomic E-state index is 12.0. The second kappa shape index (κ2) is 6.69. The van der Waals surface area contributed by atoms with Crippen molar-refractivity contribution in [2.45, 2.75) is 32.2 Å². The van der Waals surface area contributed by atoms with Crippen molar-refractivity contribution in [3.8, 4) is 0 Å². The summed E-state index contributed by atoms with van der Waals surface area (Å²) in [5.41, 5.74) is 4.19. The van der Waals surface area contributed by atoms with Crippen LogP contribution >= 0.6 is 15.9 Å². The van der Waals surface area contributed by atoms with Crippen LogP contribution in [0.25, 0.3) is 0 Å². The number of hydrogen-bond donors (Lipinski definition) is 2. The zero-order valence-electron chi connectivity index (χ0n) is 12.7. The summed E-state index contributed by atoms with van der Waals surface area (Å²) < 4.78 is 1.06. The number of nitrogens with zero attached hydrogens (tertiary/aromatic N) is 2. The van der Waals surface area contributed by atoms with Crippen molar-refractivity contribution >= 4 is 27.7 Å². The Bertz CT molecular complexity index is 572. The van der Waals surface area contributed by atoms with Crippen molar-refractivity contribution in [2.75, 3.05) is 13.2 Å². The fourth-order valence-corrected chi connectivity index (χ4v) is 3.52. The lowest BCUT2D eigenvalue weighted by Gasteiger charge is -2.26. The van der Waals surface area contributed by atoms with Crippen molar-refractivity contribution in [1.82, 2.24) is 15.6 Å². The van der Waals surface area contributed by atoms with Gasteiger partial charge in [-0.05, 0) is 38.3 Å².